The van der Waals surface area contributed by atoms with Gasteiger partial charge in [0.05, 0.1) is 32.0 Å². The average Bonchev–Trinajstić information content (AvgIpc) is 3.45. The second-order valence-corrected chi connectivity index (χ2v) is 22.9. The fourth-order valence-corrected chi connectivity index (χ4v) is 10.6. The molecule has 2 rings (SSSR count). The van der Waals surface area contributed by atoms with Gasteiger partial charge >= 0.3 is 0 Å². The number of unbranched alkanes of at least 4 members (excludes halogenated alkanes) is 31. The Bertz CT molecular complexity index is 1510. The Hall–Kier alpha value is -2.05. The van der Waals surface area contributed by atoms with Crippen LogP contribution in [-0.4, -0.2) is 140 Å². The molecule has 0 bridgehead atoms. The van der Waals surface area contributed by atoms with Crippen molar-refractivity contribution in [1.82, 2.24) is 5.32 Å². The maximum Gasteiger partial charge on any atom is 0.220 e. The largest absolute Gasteiger partial charge is 0.394 e. The van der Waals surface area contributed by atoms with E-state index >= 15 is 0 Å². The summed E-state index contributed by atoms with van der Waals surface area (Å²) < 4.78 is 22.6. The summed E-state index contributed by atoms with van der Waals surface area (Å²) >= 11 is 0. The highest BCUT2D eigenvalue weighted by molar-refractivity contribution is 5.76. The molecule has 2 heterocycles. The Balaban J connectivity index is 1.42. The van der Waals surface area contributed by atoms with Crippen LogP contribution in [0, 0.1) is 0 Å². The first kappa shape index (κ1) is 73.1. The van der Waals surface area contributed by atoms with Crippen molar-refractivity contribution in [3.05, 3.63) is 48.6 Å². The molecule has 79 heavy (non-hydrogen) atoms. The van der Waals surface area contributed by atoms with Gasteiger partial charge in [0.25, 0.3) is 0 Å². The van der Waals surface area contributed by atoms with Gasteiger partial charge in [-0.3, -0.25) is 4.79 Å². The summed E-state index contributed by atoms with van der Waals surface area (Å²) in [6.45, 7) is 2.62. The monoisotopic (exact) mass is 1120 g/mol. The predicted octanol–water partition coefficient (Wildman–Crippen LogP) is 12.0. The quantitative estimate of drug-likeness (QED) is 0.0204. The normalized spacial score (nSPS) is 24.7. The van der Waals surface area contributed by atoms with Crippen LogP contribution in [0.2, 0.25) is 0 Å². The molecule has 2 aliphatic rings. The van der Waals surface area contributed by atoms with E-state index < -0.39 is 86.8 Å². The molecule has 12 atom stereocenters. The molecule has 0 saturated carbocycles. The van der Waals surface area contributed by atoms with E-state index in [9.17, 15) is 45.6 Å². The Labute approximate surface area is 480 Å². The molecule has 14 heteroatoms. The summed E-state index contributed by atoms with van der Waals surface area (Å²) in [5.74, 6) is -0.212. The number of nitrogens with one attached hydrogen (secondary N) is 1. The lowest BCUT2D eigenvalue weighted by molar-refractivity contribution is -0.359. The van der Waals surface area contributed by atoms with Crippen LogP contribution in [0.1, 0.15) is 264 Å². The van der Waals surface area contributed by atoms with Gasteiger partial charge in [-0.15, -0.1) is 0 Å². The minimum absolute atomic E-state index is 0.212. The molecule has 0 aromatic rings. The van der Waals surface area contributed by atoms with Crippen molar-refractivity contribution < 1.29 is 64.6 Å². The number of hydrogen-bond donors (Lipinski definition) is 9. The van der Waals surface area contributed by atoms with E-state index in [2.05, 4.69) is 67.8 Å². The van der Waals surface area contributed by atoms with E-state index in [4.69, 9.17) is 18.9 Å². The molecule has 0 aromatic carbocycles. The molecule has 0 aliphatic carbocycles. The molecular weight excluding hydrogens is 1000 g/mol. The molecule has 0 spiro atoms. The summed E-state index contributed by atoms with van der Waals surface area (Å²) in [4.78, 5) is 13.1. The van der Waals surface area contributed by atoms with Gasteiger partial charge in [0, 0.05) is 6.42 Å². The van der Waals surface area contributed by atoms with Crippen LogP contribution in [0.25, 0.3) is 0 Å². The van der Waals surface area contributed by atoms with Crippen LogP contribution in [0.4, 0.5) is 0 Å². The lowest BCUT2D eigenvalue weighted by atomic mass is 9.97. The van der Waals surface area contributed by atoms with Gasteiger partial charge in [0.2, 0.25) is 5.91 Å². The standard InChI is InChI=1S/C65H119NO13/c1-3-5-7-9-10-11-12-13-14-15-16-17-18-19-20-21-22-23-24-25-26-27-28-29-30-31-32-33-34-35-36-37-38-39-40-41-42-43-44-45-47-49-57(70)66-53(54(69)48-46-8-6-4-2)52-76-64-62(75)60(73)63(56(51-68)78-64)79-65-61(74)59(72)58(71)55(50-67)77-65/h5,7,10-11,13-14,16-17,53-56,58-65,67-69,71-75H,3-4,6,8-9,12,15,18-52H2,1-2H3,(H,66,70)/b7-5-,11-10-,14-13-,17-16-. The van der Waals surface area contributed by atoms with Gasteiger partial charge in [-0.1, -0.05) is 255 Å². The number of rotatable bonds is 52. The second kappa shape index (κ2) is 50.5. The number of carbonyl (C=O) groups is 1. The minimum atomic E-state index is -1.78. The third-order valence-corrected chi connectivity index (χ3v) is 15.8. The van der Waals surface area contributed by atoms with Gasteiger partial charge in [-0.2, -0.15) is 0 Å². The Morgan fingerprint density at radius 3 is 1.33 bits per heavy atom. The molecule has 14 nitrogen and oxygen atoms in total. The molecule has 2 saturated heterocycles. The molecule has 1 amide bonds. The SMILES string of the molecule is CC/C=C\C/C=C\C/C=C\C/C=C\CCCCCCCCCCCCCCCCCCCCCCCCCCCCCCC(=O)NC(COC1OC(CO)C(OC2OC(CO)C(O)C(O)C2O)C(O)C1O)C(O)CCCCCC. The van der Waals surface area contributed by atoms with Crippen LogP contribution >= 0.6 is 0 Å². The highest BCUT2D eigenvalue weighted by atomic mass is 16.7. The van der Waals surface area contributed by atoms with Gasteiger partial charge in [0.15, 0.2) is 12.6 Å². The maximum absolute atomic E-state index is 13.1. The van der Waals surface area contributed by atoms with Gasteiger partial charge in [-0.05, 0) is 51.4 Å². The van der Waals surface area contributed by atoms with Crippen molar-refractivity contribution in [3.8, 4) is 0 Å². The molecule has 462 valence electrons. The lowest BCUT2D eigenvalue weighted by Gasteiger charge is -2.46. The smallest absolute Gasteiger partial charge is 0.220 e. The fraction of sp³-hybridized carbons (Fsp3) is 0.862. The zero-order chi connectivity index (χ0) is 57.4. The lowest BCUT2D eigenvalue weighted by Crippen LogP contribution is -2.65. The number of allylic oxidation sites excluding steroid dienone is 8. The topological polar surface area (TPSA) is 228 Å². The van der Waals surface area contributed by atoms with Crippen LogP contribution in [0.3, 0.4) is 0 Å². The van der Waals surface area contributed by atoms with Gasteiger partial charge in [-0.25, -0.2) is 0 Å². The summed E-state index contributed by atoms with van der Waals surface area (Å²) in [5, 5.41) is 86.4. The first-order valence-electron chi connectivity index (χ1n) is 32.4. The molecule has 12 unspecified atom stereocenters. The number of aliphatic hydroxyl groups excluding tert-OH is 8. The van der Waals surface area contributed by atoms with Gasteiger partial charge < -0.3 is 65.1 Å². The van der Waals surface area contributed by atoms with Crippen molar-refractivity contribution in [1.29, 1.82) is 0 Å². The van der Waals surface area contributed by atoms with Crippen molar-refractivity contribution in [2.75, 3.05) is 19.8 Å². The van der Waals surface area contributed by atoms with Crippen LogP contribution in [-0.2, 0) is 23.7 Å². The zero-order valence-electron chi connectivity index (χ0n) is 49.9. The molecular formula is C65H119NO13. The third kappa shape index (κ3) is 35.6. The van der Waals surface area contributed by atoms with Crippen molar-refractivity contribution >= 4 is 5.91 Å². The Morgan fingerprint density at radius 2 is 0.873 bits per heavy atom. The highest BCUT2D eigenvalue weighted by Crippen LogP contribution is 2.30. The molecule has 2 fully saturated rings. The number of hydrogen-bond acceptors (Lipinski definition) is 13. The second-order valence-electron chi connectivity index (χ2n) is 22.9. The molecule has 0 aromatic heterocycles. The number of carbonyl (C=O) groups excluding carboxylic acids is 1. The zero-order valence-corrected chi connectivity index (χ0v) is 49.9. The van der Waals surface area contributed by atoms with Crippen molar-refractivity contribution in [3.63, 3.8) is 0 Å². The maximum atomic E-state index is 13.1. The van der Waals surface area contributed by atoms with Crippen LogP contribution in [0.5, 0.6) is 0 Å². The van der Waals surface area contributed by atoms with E-state index in [1.54, 1.807) is 0 Å². The first-order chi connectivity index (χ1) is 38.6. The Morgan fingerprint density at radius 1 is 0.468 bits per heavy atom. The van der Waals surface area contributed by atoms with Crippen molar-refractivity contribution in [2.45, 2.75) is 338 Å². The first-order valence-corrected chi connectivity index (χ1v) is 32.4. The van der Waals surface area contributed by atoms with Crippen LogP contribution in [0.15, 0.2) is 48.6 Å². The van der Waals surface area contributed by atoms with Crippen molar-refractivity contribution in [2.24, 2.45) is 0 Å². The van der Waals surface area contributed by atoms with Crippen LogP contribution < -0.4 is 5.32 Å². The summed E-state index contributed by atoms with van der Waals surface area (Å²) in [6, 6.07) is -0.822. The van der Waals surface area contributed by atoms with E-state index in [0.29, 0.717) is 12.8 Å². The minimum Gasteiger partial charge on any atom is -0.394 e. The molecule has 2 aliphatic heterocycles. The van der Waals surface area contributed by atoms with E-state index in [-0.39, 0.29) is 12.5 Å². The number of aliphatic hydroxyl groups is 8. The van der Waals surface area contributed by atoms with E-state index in [1.807, 2.05) is 0 Å². The highest BCUT2D eigenvalue weighted by Gasteiger charge is 2.51. The summed E-state index contributed by atoms with van der Waals surface area (Å²) in [7, 11) is 0. The summed E-state index contributed by atoms with van der Waals surface area (Å²) in [5.41, 5.74) is 0. The third-order valence-electron chi connectivity index (χ3n) is 15.8. The number of ether oxygens (including phenoxy) is 4. The Kier molecular flexibility index (Phi) is 46.7. The fourth-order valence-electron chi connectivity index (χ4n) is 10.6. The number of amides is 1. The van der Waals surface area contributed by atoms with E-state index in [0.717, 1.165) is 77.0 Å². The van der Waals surface area contributed by atoms with Gasteiger partial charge in [0.1, 0.15) is 48.8 Å². The summed E-state index contributed by atoms with van der Waals surface area (Å²) in [6.07, 6.45) is 48.4. The molecule has 9 N–H and O–H groups in total. The molecule has 0 radical (unpaired) electrons. The average molecular weight is 1120 g/mol. The van der Waals surface area contributed by atoms with E-state index in [1.165, 1.54) is 161 Å². The predicted molar refractivity (Wildman–Crippen MR) is 318 cm³/mol.